The lowest BCUT2D eigenvalue weighted by atomic mass is 10.1. The van der Waals surface area contributed by atoms with E-state index in [1.807, 2.05) is 62.5 Å². The number of nitrogens with zero attached hydrogens (tertiary/aromatic N) is 2. The molecule has 2 heterocycles. The van der Waals surface area contributed by atoms with Crippen LogP contribution in [0.3, 0.4) is 0 Å². The highest BCUT2D eigenvalue weighted by Crippen LogP contribution is 2.38. The van der Waals surface area contributed by atoms with Gasteiger partial charge in [0, 0.05) is 10.9 Å². The molecule has 0 saturated heterocycles. The van der Waals surface area contributed by atoms with E-state index in [0.29, 0.717) is 16.3 Å². The van der Waals surface area contributed by atoms with E-state index in [4.69, 9.17) is 15.1 Å². The summed E-state index contributed by atoms with van der Waals surface area (Å²) in [4.78, 5) is 6.45. The van der Waals surface area contributed by atoms with Crippen molar-refractivity contribution in [2.24, 2.45) is 0 Å². The molecular weight excluding hydrogens is 382 g/mol. The number of anilines is 1. The number of aryl methyl sites for hydroxylation is 1. The van der Waals surface area contributed by atoms with E-state index >= 15 is 0 Å². The van der Waals surface area contributed by atoms with E-state index in [0.717, 1.165) is 16.9 Å². The van der Waals surface area contributed by atoms with Crippen LogP contribution in [0.1, 0.15) is 24.4 Å². The maximum Gasteiger partial charge on any atom is 0.143 e. The Kier molecular flexibility index (Phi) is 5.11. The minimum absolute atomic E-state index is 0.0185. The Labute approximate surface area is 174 Å². The zero-order chi connectivity index (χ0) is 20.5. The largest absolute Gasteiger partial charge is 0.510 e. The van der Waals surface area contributed by atoms with Crippen LogP contribution in [-0.4, -0.2) is 28.6 Å². The second-order valence-electron chi connectivity index (χ2n) is 7.29. The molecule has 1 aliphatic heterocycles. The summed E-state index contributed by atoms with van der Waals surface area (Å²) in [6, 6.07) is 15.8. The number of nitrogens with one attached hydrogen (secondary N) is 1. The molecule has 0 unspecified atom stereocenters. The van der Waals surface area contributed by atoms with Gasteiger partial charge in [-0.05, 0) is 32.9 Å². The number of benzene rings is 2. The third-order valence-electron chi connectivity index (χ3n) is 4.69. The van der Waals surface area contributed by atoms with Gasteiger partial charge in [-0.25, -0.2) is 4.98 Å². The van der Waals surface area contributed by atoms with Gasteiger partial charge in [-0.2, -0.15) is 0 Å². The van der Waals surface area contributed by atoms with Crippen molar-refractivity contribution in [2.45, 2.75) is 26.9 Å². The third-order valence-corrected chi connectivity index (χ3v) is 5.55. The first-order valence-electron chi connectivity index (χ1n) is 9.51. The number of aromatic nitrogens is 1. The van der Waals surface area contributed by atoms with Gasteiger partial charge in [0.1, 0.15) is 22.4 Å². The Balaban J connectivity index is 1.64. The van der Waals surface area contributed by atoms with Gasteiger partial charge in [-0.15, -0.1) is 11.3 Å². The smallest absolute Gasteiger partial charge is 0.143 e. The van der Waals surface area contributed by atoms with Crippen LogP contribution in [0.5, 0.6) is 5.75 Å². The molecule has 0 spiro atoms. The van der Waals surface area contributed by atoms with E-state index in [1.54, 1.807) is 4.90 Å². The van der Waals surface area contributed by atoms with Gasteiger partial charge in [0.05, 0.1) is 29.6 Å². The highest BCUT2D eigenvalue weighted by atomic mass is 32.1. The van der Waals surface area contributed by atoms with Crippen molar-refractivity contribution >= 4 is 28.4 Å². The third kappa shape index (κ3) is 3.76. The molecule has 1 aromatic heterocycles. The highest BCUT2D eigenvalue weighted by molar-refractivity contribution is 7.11. The lowest BCUT2D eigenvalue weighted by molar-refractivity contribution is 0.243. The van der Waals surface area contributed by atoms with Crippen LogP contribution < -0.4 is 9.64 Å². The van der Waals surface area contributed by atoms with Gasteiger partial charge < -0.3 is 14.7 Å². The van der Waals surface area contributed by atoms with Gasteiger partial charge in [0.15, 0.2) is 0 Å². The average molecular weight is 406 g/mol. The molecule has 2 N–H and O–H groups in total. The standard InChI is InChI=1S/C23H23N3O2S/c1-14(2)28-20-7-5-4-6-18(20)26-12-19(27)21(22(26)24)23-25-17(13-29-23)16-10-8-15(3)9-11-16/h4-11,13-14,24,27H,12H2,1-3H3. The van der Waals surface area contributed by atoms with Crippen molar-refractivity contribution in [3.05, 3.63) is 70.2 Å². The minimum atomic E-state index is 0.0185. The Morgan fingerprint density at radius 3 is 2.59 bits per heavy atom. The van der Waals surface area contributed by atoms with Crippen LogP contribution in [-0.2, 0) is 0 Å². The molecule has 3 aromatic rings. The SMILES string of the molecule is Cc1ccc(-c2csc(C3=C(O)CN(c4ccccc4OC(C)C)C3=N)n2)cc1. The molecule has 0 atom stereocenters. The topological polar surface area (TPSA) is 69.4 Å². The number of thiazole rings is 1. The number of amidine groups is 1. The summed E-state index contributed by atoms with van der Waals surface area (Å²) < 4.78 is 5.90. The van der Waals surface area contributed by atoms with Crippen molar-refractivity contribution in [1.82, 2.24) is 4.98 Å². The molecule has 0 radical (unpaired) electrons. The van der Waals surface area contributed by atoms with Crippen LogP contribution in [0.4, 0.5) is 5.69 Å². The summed E-state index contributed by atoms with van der Waals surface area (Å²) in [6.45, 7) is 6.21. The minimum Gasteiger partial charge on any atom is -0.510 e. The van der Waals surface area contributed by atoms with Crippen LogP contribution in [0.2, 0.25) is 0 Å². The molecular formula is C23H23N3O2S. The average Bonchev–Trinajstić information content (AvgIpc) is 3.27. The van der Waals surface area contributed by atoms with Gasteiger partial charge in [-0.1, -0.05) is 42.0 Å². The number of rotatable bonds is 5. The predicted octanol–water partition coefficient (Wildman–Crippen LogP) is 5.67. The monoisotopic (exact) mass is 405 g/mol. The van der Waals surface area contributed by atoms with E-state index < -0.39 is 0 Å². The fourth-order valence-corrected chi connectivity index (χ4v) is 4.18. The summed E-state index contributed by atoms with van der Waals surface area (Å²) in [5, 5.41) is 22.0. The number of aliphatic hydroxyl groups is 1. The van der Waals surface area contributed by atoms with Crippen LogP contribution in [0, 0.1) is 12.3 Å². The Hall–Kier alpha value is -3.12. The number of hydrogen-bond acceptors (Lipinski definition) is 5. The van der Waals surface area contributed by atoms with Crippen molar-refractivity contribution in [3.63, 3.8) is 0 Å². The molecule has 0 bridgehead atoms. The van der Waals surface area contributed by atoms with Gasteiger partial charge in [-0.3, -0.25) is 5.41 Å². The Bertz CT molecular complexity index is 1080. The van der Waals surface area contributed by atoms with Crippen LogP contribution in [0.25, 0.3) is 16.8 Å². The number of aliphatic hydroxyl groups excluding tert-OH is 1. The second kappa shape index (κ2) is 7.72. The molecule has 29 heavy (non-hydrogen) atoms. The van der Waals surface area contributed by atoms with E-state index in [9.17, 15) is 5.11 Å². The fourth-order valence-electron chi connectivity index (χ4n) is 3.29. The summed E-state index contributed by atoms with van der Waals surface area (Å²) >= 11 is 1.44. The molecule has 5 nitrogen and oxygen atoms in total. The summed E-state index contributed by atoms with van der Waals surface area (Å²) in [7, 11) is 0. The molecule has 0 aliphatic carbocycles. The second-order valence-corrected chi connectivity index (χ2v) is 8.15. The first kappa shape index (κ1) is 19.2. The van der Waals surface area contributed by atoms with Gasteiger partial charge in [0.25, 0.3) is 0 Å². The molecule has 0 amide bonds. The summed E-state index contributed by atoms with van der Waals surface area (Å²) in [5.74, 6) is 1.08. The molecule has 2 aromatic carbocycles. The molecule has 6 heteroatoms. The molecule has 1 aliphatic rings. The highest BCUT2D eigenvalue weighted by Gasteiger charge is 2.32. The number of hydrogen-bond donors (Lipinski definition) is 2. The molecule has 148 valence electrons. The lowest BCUT2D eigenvalue weighted by Crippen LogP contribution is -2.27. The molecule has 0 saturated carbocycles. The summed E-state index contributed by atoms with van der Waals surface area (Å²) in [6.07, 6.45) is 0.0185. The lowest BCUT2D eigenvalue weighted by Gasteiger charge is -2.23. The van der Waals surface area contributed by atoms with Crippen molar-refractivity contribution in [2.75, 3.05) is 11.4 Å². The van der Waals surface area contributed by atoms with Crippen molar-refractivity contribution < 1.29 is 9.84 Å². The van der Waals surface area contributed by atoms with Crippen molar-refractivity contribution in [1.29, 1.82) is 5.41 Å². The normalized spacial score (nSPS) is 14.2. The van der Waals surface area contributed by atoms with E-state index in [1.165, 1.54) is 16.9 Å². The Morgan fingerprint density at radius 1 is 1.14 bits per heavy atom. The van der Waals surface area contributed by atoms with Gasteiger partial charge in [0.2, 0.25) is 0 Å². The first-order valence-corrected chi connectivity index (χ1v) is 10.4. The Morgan fingerprint density at radius 2 is 1.86 bits per heavy atom. The number of para-hydroxylation sites is 2. The zero-order valence-electron chi connectivity index (χ0n) is 16.6. The predicted molar refractivity (Wildman–Crippen MR) is 119 cm³/mol. The zero-order valence-corrected chi connectivity index (χ0v) is 17.5. The van der Waals surface area contributed by atoms with E-state index in [-0.39, 0.29) is 24.2 Å². The maximum absolute atomic E-state index is 10.7. The molecule has 4 rings (SSSR count). The summed E-state index contributed by atoms with van der Waals surface area (Å²) in [5.41, 5.74) is 4.31. The van der Waals surface area contributed by atoms with Crippen molar-refractivity contribution in [3.8, 4) is 17.0 Å². The molecule has 0 fully saturated rings. The maximum atomic E-state index is 10.7. The van der Waals surface area contributed by atoms with Crippen LogP contribution >= 0.6 is 11.3 Å². The quantitative estimate of drug-likeness (QED) is 0.574. The van der Waals surface area contributed by atoms with E-state index in [2.05, 4.69) is 12.1 Å². The van der Waals surface area contributed by atoms with Gasteiger partial charge >= 0.3 is 0 Å². The number of ether oxygens (including phenoxy) is 1. The van der Waals surface area contributed by atoms with Crippen LogP contribution in [0.15, 0.2) is 59.7 Å². The first-order chi connectivity index (χ1) is 13.9. The fraction of sp³-hybridized carbons (Fsp3) is 0.217.